The average molecular weight is 348 g/mol. The van der Waals surface area contributed by atoms with Gasteiger partial charge in [0.2, 0.25) is 0 Å². The molecule has 0 saturated heterocycles. The number of oxime groups is 1. The summed E-state index contributed by atoms with van der Waals surface area (Å²) in [5.41, 5.74) is 5.53. The van der Waals surface area contributed by atoms with E-state index in [0.29, 0.717) is 13.2 Å². The maximum Gasteiger partial charge on any atom is 0.142 e. The van der Waals surface area contributed by atoms with E-state index in [4.69, 9.17) is 9.57 Å². The quantitative estimate of drug-likeness (QED) is 0.443. The Hall–Kier alpha value is -3.01. The normalized spacial score (nSPS) is 11.0. The summed E-state index contributed by atoms with van der Waals surface area (Å²) >= 11 is 0. The number of ether oxygens (including phenoxy) is 1. The fourth-order valence-corrected chi connectivity index (χ4v) is 2.95. The Balaban J connectivity index is 1.72. The Morgan fingerprint density at radius 3 is 2.42 bits per heavy atom. The number of rotatable bonds is 7. The molecule has 4 heteroatoms. The second-order valence-electron chi connectivity index (χ2n) is 6.08. The smallest absolute Gasteiger partial charge is 0.142 e. The van der Waals surface area contributed by atoms with Crippen molar-refractivity contribution in [2.45, 2.75) is 27.4 Å². The highest BCUT2D eigenvalue weighted by atomic mass is 16.6. The zero-order valence-corrected chi connectivity index (χ0v) is 15.5. The third-order valence-electron chi connectivity index (χ3n) is 4.22. The lowest BCUT2D eigenvalue weighted by molar-refractivity contribution is 0.132. The molecule has 0 atom stereocenters. The monoisotopic (exact) mass is 348 g/mol. The maximum atomic E-state index is 5.52. The fraction of sp³-hybridized carbons (Fsp3) is 0.227. The summed E-state index contributed by atoms with van der Waals surface area (Å²) < 4.78 is 7.72. The van der Waals surface area contributed by atoms with Crippen molar-refractivity contribution in [1.29, 1.82) is 0 Å². The van der Waals surface area contributed by atoms with Crippen molar-refractivity contribution < 1.29 is 9.57 Å². The molecule has 0 aliphatic heterocycles. The SMILES string of the molecule is CCOc1ccc(-n2c(C)cc(C=NOCc3ccccc3)c2C)cc1. The van der Waals surface area contributed by atoms with Crippen LogP contribution in [0, 0.1) is 13.8 Å². The first kappa shape index (κ1) is 17.8. The van der Waals surface area contributed by atoms with Crippen LogP contribution in [0.3, 0.4) is 0 Å². The molecule has 0 spiro atoms. The first-order valence-electron chi connectivity index (χ1n) is 8.80. The lowest BCUT2D eigenvalue weighted by Crippen LogP contribution is -2.00. The molecule has 0 aliphatic carbocycles. The standard InChI is InChI=1S/C22H24N2O2/c1-4-25-22-12-10-21(11-13-22)24-17(2)14-20(18(24)3)15-23-26-16-19-8-6-5-7-9-19/h5-15H,4,16H2,1-3H3. The second kappa shape index (κ2) is 8.39. The van der Waals surface area contributed by atoms with Crippen molar-refractivity contribution >= 4 is 6.21 Å². The zero-order valence-electron chi connectivity index (χ0n) is 15.5. The molecule has 0 bridgehead atoms. The highest BCUT2D eigenvalue weighted by Gasteiger charge is 2.09. The Morgan fingerprint density at radius 2 is 1.73 bits per heavy atom. The third kappa shape index (κ3) is 4.14. The Bertz CT molecular complexity index is 865. The van der Waals surface area contributed by atoms with E-state index in [-0.39, 0.29) is 0 Å². The molecule has 1 heterocycles. The van der Waals surface area contributed by atoms with Gasteiger partial charge < -0.3 is 14.1 Å². The van der Waals surface area contributed by atoms with Gasteiger partial charge in [-0.15, -0.1) is 0 Å². The minimum absolute atomic E-state index is 0.467. The Labute approximate surface area is 154 Å². The summed E-state index contributed by atoms with van der Waals surface area (Å²) in [6.07, 6.45) is 1.77. The van der Waals surface area contributed by atoms with E-state index in [1.165, 1.54) is 0 Å². The lowest BCUT2D eigenvalue weighted by Gasteiger charge is -2.10. The molecular formula is C22H24N2O2. The van der Waals surface area contributed by atoms with Gasteiger partial charge in [-0.3, -0.25) is 0 Å². The Kier molecular flexibility index (Phi) is 5.74. The van der Waals surface area contributed by atoms with E-state index in [9.17, 15) is 0 Å². The van der Waals surface area contributed by atoms with Gasteiger partial charge >= 0.3 is 0 Å². The number of aromatic nitrogens is 1. The molecule has 0 aliphatic rings. The number of hydrogen-bond donors (Lipinski definition) is 0. The van der Waals surface area contributed by atoms with Crippen LogP contribution in [0.5, 0.6) is 5.75 Å². The van der Waals surface area contributed by atoms with Gasteiger partial charge in [0.05, 0.1) is 12.8 Å². The van der Waals surface area contributed by atoms with Crippen molar-refractivity contribution in [3.63, 3.8) is 0 Å². The number of aryl methyl sites for hydroxylation is 1. The zero-order chi connectivity index (χ0) is 18.4. The second-order valence-corrected chi connectivity index (χ2v) is 6.08. The first-order chi connectivity index (χ1) is 12.7. The van der Waals surface area contributed by atoms with Crippen molar-refractivity contribution in [2.24, 2.45) is 5.16 Å². The summed E-state index contributed by atoms with van der Waals surface area (Å²) in [7, 11) is 0. The predicted octanol–water partition coefficient (Wildman–Crippen LogP) is 5.04. The van der Waals surface area contributed by atoms with Gasteiger partial charge in [-0.05, 0) is 56.7 Å². The number of benzene rings is 2. The molecule has 0 unspecified atom stereocenters. The van der Waals surface area contributed by atoms with Gasteiger partial charge in [-0.25, -0.2) is 0 Å². The largest absolute Gasteiger partial charge is 0.494 e. The topological polar surface area (TPSA) is 35.8 Å². The summed E-state index contributed by atoms with van der Waals surface area (Å²) in [5.74, 6) is 0.884. The van der Waals surface area contributed by atoms with Crippen LogP contribution >= 0.6 is 0 Å². The molecule has 2 aromatic carbocycles. The summed E-state index contributed by atoms with van der Waals surface area (Å²) in [6, 6.07) is 20.3. The predicted molar refractivity (Wildman–Crippen MR) is 105 cm³/mol. The Morgan fingerprint density at radius 1 is 1.00 bits per heavy atom. The van der Waals surface area contributed by atoms with Crippen LogP contribution in [-0.4, -0.2) is 17.4 Å². The molecule has 1 aromatic heterocycles. The van der Waals surface area contributed by atoms with Gasteiger partial charge in [0.1, 0.15) is 12.4 Å². The summed E-state index contributed by atoms with van der Waals surface area (Å²) in [6.45, 7) is 7.30. The average Bonchev–Trinajstić information content (AvgIpc) is 2.94. The summed E-state index contributed by atoms with van der Waals surface area (Å²) in [4.78, 5) is 5.42. The van der Waals surface area contributed by atoms with Crippen LogP contribution in [0.1, 0.15) is 29.4 Å². The number of hydrogen-bond acceptors (Lipinski definition) is 3. The fourth-order valence-electron chi connectivity index (χ4n) is 2.95. The maximum absolute atomic E-state index is 5.52. The van der Waals surface area contributed by atoms with Gasteiger partial charge in [0.15, 0.2) is 0 Å². The van der Waals surface area contributed by atoms with Crippen LogP contribution in [0.2, 0.25) is 0 Å². The van der Waals surface area contributed by atoms with Crippen molar-refractivity contribution in [3.8, 4) is 11.4 Å². The van der Waals surface area contributed by atoms with E-state index in [1.807, 2.05) is 49.4 Å². The molecule has 134 valence electrons. The van der Waals surface area contributed by atoms with E-state index in [2.05, 4.69) is 41.8 Å². The molecule has 3 rings (SSSR count). The molecule has 0 radical (unpaired) electrons. The highest BCUT2D eigenvalue weighted by molar-refractivity contribution is 5.81. The lowest BCUT2D eigenvalue weighted by atomic mass is 10.2. The van der Waals surface area contributed by atoms with Crippen LogP contribution in [0.25, 0.3) is 5.69 Å². The van der Waals surface area contributed by atoms with Crippen LogP contribution in [0.4, 0.5) is 0 Å². The van der Waals surface area contributed by atoms with E-state index in [0.717, 1.165) is 34.0 Å². The third-order valence-corrected chi connectivity index (χ3v) is 4.22. The molecule has 0 N–H and O–H groups in total. The van der Waals surface area contributed by atoms with Crippen LogP contribution in [0.15, 0.2) is 65.8 Å². The van der Waals surface area contributed by atoms with E-state index >= 15 is 0 Å². The first-order valence-corrected chi connectivity index (χ1v) is 8.80. The van der Waals surface area contributed by atoms with Gasteiger partial charge in [0, 0.05) is 22.6 Å². The van der Waals surface area contributed by atoms with Crippen molar-refractivity contribution in [3.05, 3.63) is 83.2 Å². The minimum Gasteiger partial charge on any atom is -0.494 e. The molecule has 0 amide bonds. The number of nitrogens with zero attached hydrogens (tertiary/aromatic N) is 2. The molecule has 0 saturated carbocycles. The van der Waals surface area contributed by atoms with Crippen molar-refractivity contribution in [1.82, 2.24) is 4.57 Å². The molecule has 4 nitrogen and oxygen atoms in total. The molecule has 26 heavy (non-hydrogen) atoms. The summed E-state index contributed by atoms with van der Waals surface area (Å²) in [5, 5.41) is 4.13. The highest BCUT2D eigenvalue weighted by Crippen LogP contribution is 2.22. The van der Waals surface area contributed by atoms with E-state index in [1.54, 1.807) is 6.21 Å². The molecule has 0 fully saturated rings. The van der Waals surface area contributed by atoms with Gasteiger partial charge in [-0.2, -0.15) is 0 Å². The van der Waals surface area contributed by atoms with Crippen LogP contribution < -0.4 is 4.74 Å². The molecule has 3 aromatic rings. The van der Waals surface area contributed by atoms with Crippen molar-refractivity contribution in [2.75, 3.05) is 6.61 Å². The van der Waals surface area contributed by atoms with E-state index < -0.39 is 0 Å². The van der Waals surface area contributed by atoms with Crippen LogP contribution in [-0.2, 0) is 11.4 Å². The minimum atomic E-state index is 0.467. The van der Waals surface area contributed by atoms with Gasteiger partial charge in [0.25, 0.3) is 0 Å². The van der Waals surface area contributed by atoms with Gasteiger partial charge in [-0.1, -0.05) is 35.5 Å². The molecular weight excluding hydrogens is 324 g/mol.